The van der Waals surface area contributed by atoms with Gasteiger partial charge in [-0.25, -0.2) is 9.97 Å². The van der Waals surface area contributed by atoms with Gasteiger partial charge in [0.05, 0.1) is 18.7 Å². The number of rotatable bonds is 4. The van der Waals surface area contributed by atoms with Crippen molar-refractivity contribution in [3.05, 3.63) is 29.8 Å². The number of nitrogens with zero attached hydrogens (tertiary/aromatic N) is 3. The molecule has 1 N–H and O–H groups in total. The Morgan fingerprint density at radius 1 is 1.27 bits per heavy atom. The van der Waals surface area contributed by atoms with Gasteiger partial charge in [0.1, 0.15) is 5.82 Å². The predicted octanol–water partition coefficient (Wildman–Crippen LogP) is 3.53. The molecule has 3 aliphatic rings. The van der Waals surface area contributed by atoms with Gasteiger partial charge >= 0.3 is 5.97 Å². The van der Waals surface area contributed by atoms with E-state index in [0.717, 1.165) is 36.9 Å². The number of fused-ring (bicyclic) bond motifs is 3. The van der Waals surface area contributed by atoms with Gasteiger partial charge < -0.3 is 14.6 Å². The summed E-state index contributed by atoms with van der Waals surface area (Å²) in [7, 11) is 3.43. The normalized spacial score (nSPS) is 27.3. The minimum absolute atomic E-state index is 0.0320. The summed E-state index contributed by atoms with van der Waals surface area (Å²) in [6.45, 7) is 0. The summed E-state index contributed by atoms with van der Waals surface area (Å²) in [4.78, 5) is 21.1. The summed E-state index contributed by atoms with van der Waals surface area (Å²) in [5, 5.41) is 3.69. The molecular weight excluding hydrogens is 352 g/mol. The van der Waals surface area contributed by atoms with Crippen LogP contribution in [0.15, 0.2) is 24.5 Å². The Kier molecular flexibility index (Phi) is 4.61. The monoisotopic (exact) mass is 374 g/mol. The Morgan fingerprint density at radius 2 is 2.00 bits per heavy atom. The van der Waals surface area contributed by atoms with Crippen LogP contribution in [-0.4, -0.2) is 33.7 Å². The Hall–Kier alpha value is -2.08. The second kappa shape index (κ2) is 6.91. The lowest BCUT2D eigenvalue weighted by molar-refractivity contribution is -0.152. The van der Waals surface area contributed by atoms with Gasteiger partial charge in [-0.3, -0.25) is 4.79 Å². The zero-order valence-corrected chi connectivity index (χ0v) is 15.7. The molecule has 2 atom stereocenters. The molecule has 0 amide bonds. The van der Waals surface area contributed by atoms with E-state index in [2.05, 4.69) is 15.3 Å². The fourth-order valence-electron chi connectivity index (χ4n) is 4.60. The molecule has 0 aliphatic heterocycles. The highest BCUT2D eigenvalue weighted by atomic mass is 35.5. The lowest BCUT2D eigenvalue weighted by Gasteiger charge is -2.47. The highest BCUT2D eigenvalue weighted by Gasteiger charge is 2.47. The van der Waals surface area contributed by atoms with E-state index in [4.69, 9.17) is 16.3 Å². The van der Waals surface area contributed by atoms with Crippen molar-refractivity contribution in [2.45, 2.75) is 31.7 Å². The van der Waals surface area contributed by atoms with Crippen LogP contribution in [0.4, 0.5) is 5.82 Å². The minimum atomic E-state index is -0.125. The number of hydrogen-bond donors (Lipinski definition) is 1. The van der Waals surface area contributed by atoms with E-state index in [1.54, 1.807) is 0 Å². The summed E-state index contributed by atoms with van der Waals surface area (Å²) < 4.78 is 7.05. The van der Waals surface area contributed by atoms with E-state index >= 15 is 0 Å². The van der Waals surface area contributed by atoms with E-state index in [-0.39, 0.29) is 23.2 Å². The van der Waals surface area contributed by atoms with Crippen LogP contribution < -0.4 is 5.32 Å². The zero-order chi connectivity index (χ0) is 18.3. The number of aryl methyl sites for hydroxylation is 1. The first-order chi connectivity index (χ1) is 12.5. The molecule has 3 aliphatic carbocycles. The summed E-state index contributed by atoms with van der Waals surface area (Å²) in [6.07, 6.45) is 8.43. The molecular formula is C19H23ClN4O2. The van der Waals surface area contributed by atoms with Crippen LogP contribution in [0.25, 0.3) is 11.3 Å². The predicted molar refractivity (Wildman–Crippen MR) is 99.8 cm³/mol. The fourth-order valence-corrected chi connectivity index (χ4v) is 4.78. The third-order valence-electron chi connectivity index (χ3n) is 5.83. The maximum absolute atomic E-state index is 12.4. The number of ether oxygens (including phenoxy) is 1. The van der Waals surface area contributed by atoms with E-state index in [1.807, 2.05) is 36.1 Å². The van der Waals surface area contributed by atoms with Crippen LogP contribution >= 0.6 is 11.6 Å². The molecule has 0 saturated heterocycles. The molecule has 6 nitrogen and oxygen atoms in total. The number of carbonyl (C=O) groups is 1. The minimum Gasteiger partial charge on any atom is -0.469 e. The van der Waals surface area contributed by atoms with Crippen molar-refractivity contribution in [3.8, 4) is 11.3 Å². The van der Waals surface area contributed by atoms with E-state index in [0.29, 0.717) is 17.7 Å². The van der Waals surface area contributed by atoms with Crippen molar-refractivity contribution in [2.24, 2.45) is 24.8 Å². The molecule has 26 heavy (non-hydrogen) atoms. The van der Waals surface area contributed by atoms with Gasteiger partial charge in [-0.15, -0.1) is 0 Å². The average Bonchev–Trinajstić information content (AvgIpc) is 3.08. The van der Waals surface area contributed by atoms with Gasteiger partial charge in [0.15, 0.2) is 0 Å². The molecule has 2 aromatic rings. The SMILES string of the molecule is COC(=O)C1C2CCC(CC2)C1Nc1cc(-c2ccn(C)c2)nc(Cl)n1. The van der Waals surface area contributed by atoms with Gasteiger partial charge in [0.25, 0.3) is 0 Å². The molecule has 0 spiro atoms. The van der Waals surface area contributed by atoms with Crippen LogP contribution in [0, 0.1) is 17.8 Å². The van der Waals surface area contributed by atoms with E-state index < -0.39 is 0 Å². The lowest BCUT2D eigenvalue weighted by Crippen LogP contribution is -2.51. The van der Waals surface area contributed by atoms with Crippen molar-refractivity contribution in [2.75, 3.05) is 12.4 Å². The maximum Gasteiger partial charge on any atom is 0.311 e. The molecule has 0 aromatic carbocycles. The van der Waals surface area contributed by atoms with Gasteiger partial charge in [-0.05, 0) is 55.2 Å². The number of anilines is 1. The second-order valence-electron chi connectivity index (χ2n) is 7.37. The molecule has 2 unspecified atom stereocenters. The van der Waals surface area contributed by atoms with Crippen molar-refractivity contribution in [1.82, 2.24) is 14.5 Å². The summed E-state index contributed by atoms with van der Waals surface area (Å²) >= 11 is 6.17. The third kappa shape index (κ3) is 3.18. The molecule has 3 saturated carbocycles. The smallest absolute Gasteiger partial charge is 0.311 e. The molecule has 2 bridgehead atoms. The summed E-state index contributed by atoms with van der Waals surface area (Å²) in [5.74, 6) is 1.26. The topological polar surface area (TPSA) is 69.0 Å². The highest BCUT2D eigenvalue weighted by molar-refractivity contribution is 6.28. The Labute approximate surface area is 157 Å². The number of halogens is 1. The first kappa shape index (κ1) is 17.3. The van der Waals surface area contributed by atoms with Crippen LogP contribution in [-0.2, 0) is 16.6 Å². The third-order valence-corrected chi connectivity index (χ3v) is 6.00. The number of methoxy groups -OCH3 is 1. The molecule has 0 radical (unpaired) electrons. The van der Waals surface area contributed by atoms with Crippen molar-refractivity contribution in [1.29, 1.82) is 0 Å². The number of esters is 1. The van der Waals surface area contributed by atoms with Crippen molar-refractivity contribution in [3.63, 3.8) is 0 Å². The van der Waals surface area contributed by atoms with Crippen LogP contribution in [0.2, 0.25) is 5.28 Å². The standard InChI is InChI=1S/C19H23ClN4O2/c1-24-8-7-13(10-24)14-9-15(23-19(20)21-14)22-17-12-5-3-11(4-6-12)16(17)18(25)26-2/h7-12,16-17H,3-6H2,1-2H3,(H,21,22,23). The van der Waals surface area contributed by atoms with Crippen molar-refractivity contribution >= 4 is 23.4 Å². The number of aromatic nitrogens is 3. The first-order valence-electron chi connectivity index (χ1n) is 9.06. The van der Waals surface area contributed by atoms with E-state index in [1.165, 1.54) is 7.11 Å². The largest absolute Gasteiger partial charge is 0.469 e. The lowest BCUT2D eigenvalue weighted by atomic mass is 9.61. The quantitative estimate of drug-likeness (QED) is 0.655. The number of carbonyl (C=O) groups excluding carboxylic acids is 1. The molecule has 2 heterocycles. The molecule has 2 aromatic heterocycles. The molecule has 138 valence electrons. The first-order valence-corrected chi connectivity index (χ1v) is 9.44. The van der Waals surface area contributed by atoms with Gasteiger partial charge in [-0.2, -0.15) is 0 Å². The van der Waals surface area contributed by atoms with Crippen LogP contribution in [0.1, 0.15) is 25.7 Å². The number of nitrogens with one attached hydrogen (secondary N) is 1. The Balaban J connectivity index is 1.63. The fraction of sp³-hybridized carbons (Fsp3) is 0.526. The molecule has 3 fully saturated rings. The zero-order valence-electron chi connectivity index (χ0n) is 15.0. The van der Waals surface area contributed by atoms with Gasteiger partial charge in [0.2, 0.25) is 5.28 Å². The molecule has 5 rings (SSSR count). The van der Waals surface area contributed by atoms with E-state index in [9.17, 15) is 4.79 Å². The Bertz CT molecular complexity index is 814. The van der Waals surface area contributed by atoms with Crippen LogP contribution in [0.3, 0.4) is 0 Å². The number of hydrogen-bond acceptors (Lipinski definition) is 5. The summed E-state index contributed by atoms with van der Waals surface area (Å²) in [5.41, 5.74) is 1.75. The molecule has 7 heteroatoms. The van der Waals surface area contributed by atoms with Crippen LogP contribution in [0.5, 0.6) is 0 Å². The van der Waals surface area contributed by atoms with Gasteiger partial charge in [0, 0.05) is 37.1 Å². The Morgan fingerprint density at radius 3 is 2.65 bits per heavy atom. The maximum atomic E-state index is 12.4. The van der Waals surface area contributed by atoms with Crippen molar-refractivity contribution < 1.29 is 9.53 Å². The second-order valence-corrected chi connectivity index (χ2v) is 7.71. The summed E-state index contributed by atoms with van der Waals surface area (Å²) in [6, 6.07) is 3.92. The van der Waals surface area contributed by atoms with Gasteiger partial charge in [-0.1, -0.05) is 0 Å². The average molecular weight is 375 g/mol. The highest BCUT2D eigenvalue weighted by Crippen LogP contribution is 2.46.